The number of benzene rings is 2. The molecular formula is C27H39ClN2O. The molecule has 1 unspecified atom stereocenters. The zero-order chi connectivity index (χ0) is 21.9. The van der Waals surface area contributed by atoms with E-state index in [0.29, 0.717) is 6.54 Å². The first-order valence-corrected chi connectivity index (χ1v) is 11.3. The zero-order valence-electron chi connectivity index (χ0n) is 20.0. The molecule has 0 aromatic heterocycles. The molecular weight excluding hydrogens is 404 g/mol. The van der Waals surface area contributed by atoms with Crippen LogP contribution in [0.15, 0.2) is 48.5 Å². The topological polar surface area (TPSA) is 32.3 Å². The lowest BCUT2D eigenvalue weighted by molar-refractivity contribution is 0.0938. The van der Waals surface area contributed by atoms with Crippen molar-refractivity contribution in [1.29, 1.82) is 0 Å². The number of rotatable bonds is 5. The van der Waals surface area contributed by atoms with Gasteiger partial charge in [0.2, 0.25) is 0 Å². The van der Waals surface area contributed by atoms with Crippen LogP contribution in [0.3, 0.4) is 0 Å². The van der Waals surface area contributed by atoms with E-state index in [1.807, 2.05) is 12.1 Å². The summed E-state index contributed by atoms with van der Waals surface area (Å²) in [6.07, 6.45) is 2.47. The lowest BCUT2D eigenvalue weighted by Crippen LogP contribution is -2.36. The summed E-state index contributed by atoms with van der Waals surface area (Å²) >= 11 is 0. The van der Waals surface area contributed by atoms with Crippen molar-refractivity contribution < 1.29 is 4.79 Å². The molecule has 0 bridgehead atoms. The van der Waals surface area contributed by atoms with Crippen LogP contribution in [0, 0.1) is 0 Å². The number of hydrogen-bond acceptors (Lipinski definition) is 2. The van der Waals surface area contributed by atoms with Crippen molar-refractivity contribution >= 4 is 18.3 Å². The van der Waals surface area contributed by atoms with Gasteiger partial charge in [0.05, 0.1) is 6.04 Å². The van der Waals surface area contributed by atoms with Crippen molar-refractivity contribution in [2.45, 2.75) is 71.3 Å². The first kappa shape index (κ1) is 25.4. The van der Waals surface area contributed by atoms with Gasteiger partial charge in [0.15, 0.2) is 0 Å². The molecule has 0 saturated carbocycles. The fourth-order valence-electron chi connectivity index (χ4n) is 4.13. The van der Waals surface area contributed by atoms with Crippen molar-refractivity contribution in [2.24, 2.45) is 0 Å². The standard InChI is InChI=1S/C27H38N2O.ClH/c1-26(2,3)22-13-9-20(10-14-22)24(29-17-7-8-18-29)19-28-25(30)21-11-15-23(16-12-21)27(4,5)6;/h9-16,24H,7-8,17-19H2,1-6H3,(H,28,30);1H. The minimum atomic E-state index is 0. The van der Waals surface area contributed by atoms with Crippen LogP contribution >= 0.6 is 12.4 Å². The Balaban J connectivity index is 0.00000341. The van der Waals surface area contributed by atoms with Gasteiger partial charge < -0.3 is 5.32 Å². The third-order valence-electron chi connectivity index (χ3n) is 6.21. The van der Waals surface area contributed by atoms with E-state index in [0.717, 1.165) is 18.7 Å². The number of carbonyl (C=O) groups is 1. The van der Waals surface area contributed by atoms with Crippen LogP contribution in [-0.4, -0.2) is 30.4 Å². The summed E-state index contributed by atoms with van der Waals surface area (Å²) in [6.45, 7) is 16.1. The number of nitrogens with one attached hydrogen (secondary N) is 1. The third-order valence-corrected chi connectivity index (χ3v) is 6.21. The molecule has 1 amide bonds. The fourth-order valence-corrected chi connectivity index (χ4v) is 4.13. The van der Waals surface area contributed by atoms with Crippen molar-refractivity contribution in [3.05, 3.63) is 70.8 Å². The quantitative estimate of drug-likeness (QED) is 0.591. The van der Waals surface area contributed by atoms with E-state index in [9.17, 15) is 4.79 Å². The van der Waals surface area contributed by atoms with Crippen LogP contribution in [-0.2, 0) is 10.8 Å². The maximum atomic E-state index is 12.8. The molecule has 3 rings (SSSR count). The fraction of sp³-hybridized carbons (Fsp3) is 0.519. The Hall–Kier alpha value is -1.84. The van der Waals surface area contributed by atoms with Crippen molar-refractivity contribution in [2.75, 3.05) is 19.6 Å². The molecule has 1 N–H and O–H groups in total. The zero-order valence-corrected chi connectivity index (χ0v) is 20.8. The van der Waals surface area contributed by atoms with E-state index in [-0.39, 0.29) is 35.2 Å². The van der Waals surface area contributed by atoms with Crippen LogP contribution in [0.2, 0.25) is 0 Å². The van der Waals surface area contributed by atoms with Gasteiger partial charge in [-0.1, -0.05) is 77.9 Å². The van der Waals surface area contributed by atoms with Gasteiger partial charge in [-0.05, 0) is 65.6 Å². The summed E-state index contributed by atoms with van der Waals surface area (Å²) in [4.78, 5) is 15.3. The van der Waals surface area contributed by atoms with E-state index in [2.05, 4.69) is 88.2 Å². The Bertz CT molecular complexity index is 839. The van der Waals surface area contributed by atoms with Gasteiger partial charge in [-0.2, -0.15) is 0 Å². The highest BCUT2D eigenvalue weighted by Gasteiger charge is 2.25. The van der Waals surface area contributed by atoms with Crippen LogP contribution in [0.1, 0.15) is 87.5 Å². The Morgan fingerprint density at radius 1 is 0.839 bits per heavy atom. The Labute approximate surface area is 195 Å². The van der Waals surface area contributed by atoms with Crippen LogP contribution in [0.4, 0.5) is 0 Å². The van der Waals surface area contributed by atoms with Gasteiger partial charge in [0.1, 0.15) is 0 Å². The van der Waals surface area contributed by atoms with Gasteiger partial charge >= 0.3 is 0 Å². The normalized spacial score (nSPS) is 15.9. The molecule has 1 atom stereocenters. The molecule has 1 aliphatic rings. The average molecular weight is 443 g/mol. The summed E-state index contributed by atoms with van der Waals surface area (Å²) in [5.41, 5.74) is 4.84. The second-order valence-corrected chi connectivity index (χ2v) is 10.7. The SMILES string of the molecule is CC(C)(C)c1ccc(C(=O)NCC(c2ccc(C(C)(C)C)cc2)N2CCCC2)cc1.Cl. The lowest BCUT2D eigenvalue weighted by atomic mass is 9.86. The molecule has 0 spiro atoms. The first-order valence-electron chi connectivity index (χ1n) is 11.3. The third kappa shape index (κ3) is 6.57. The summed E-state index contributed by atoms with van der Waals surface area (Å²) in [5, 5.41) is 3.20. The smallest absolute Gasteiger partial charge is 0.251 e. The summed E-state index contributed by atoms with van der Waals surface area (Å²) in [5.74, 6) is 0.00553. The van der Waals surface area contributed by atoms with E-state index in [1.165, 1.54) is 29.5 Å². The Morgan fingerprint density at radius 3 is 1.74 bits per heavy atom. The number of carbonyl (C=O) groups excluding carboxylic acids is 1. The molecule has 2 aromatic carbocycles. The molecule has 1 heterocycles. The number of nitrogens with zero attached hydrogens (tertiary/aromatic N) is 1. The van der Waals surface area contributed by atoms with Crippen LogP contribution in [0.5, 0.6) is 0 Å². The Morgan fingerprint density at radius 2 is 1.29 bits per heavy atom. The molecule has 4 heteroatoms. The number of hydrogen-bond donors (Lipinski definition) is 1. The minimum Gasteiger partial charge on any atom is -0.350 e. The maximum Gasteiger partial charge on any atom is 0.251 e. The van der Waals surface area contributed by atoms with Gasteiger partial charge in [0, 0.05) is 12.1 Å². The van der Waals surface area contributed by atoms with E-state index >= 15 is 0 Å². The molecule has 0 aliphatic carbocycles. The largest absolute Gasteiger partial charge is 0.350 e. The highest BCUT2D eigenvalue weighted by atomic mass is 35.5. The maximum absolute atomic E-state index is 12.8. The van der Waals surface area contributed by atoms with Gasteiger partial charge in [0.25, 0.3) is 5.91 Å². The lowest BCUT2D eigenvalue weighted by Gasteiger charge is -2.29. The molecule has 31 heavy (non-hydrogen) atoms. The molecule has 1 saturated heterocycles. The van der Waals surface area contributed by atoms with Crippen LogP contribution < -0.4 is 5.32 Å². The number of likely N-dealkylation sites (tertiary alicyclic amines) is 1. The van der Waals surface area contributed by atoms with Crippen molar-refractivity contribution in [1.82, 2.24) is 10.2 Å². The second kappa shape index (κ2) is 10.2. The summed E-state index contributed by atoms with van der Waals surface area (Å²) in [7, 11) is 0. The molecule has 1 fully saturated rings. The first-order chi connectivity index (χ1) is 14.1. The molecule has 0 radical (unpaired) electrons. The van der Waals surface area contributed by atoms with Gasteiger partial charge in [-0.15, -0.1) is 12.4 Å². The predicted molar refractivity (Wildman–Crippen MR) is 133 cm³/mol. The predicted octanol–water partition coefficient (Wildman–Crippen LogP) is 6.27. The average Bonchev–Trinajstić information content (AvgIpc) is 3.21. The summed E-state index contributed by atoms with van der Waals surface area (Å²) in [6, 6.07) is 17.2. The number of halogens is 1. The van der Waals surface area contributed by atoms with Gasteiger partial charge in [-0.25, -0.2) is 0 Å². The van der Waals surface area contributed by atoms with Crippen molar-refractivity contribution in [3.8, 4) is 0 Å². The molecule has 170 valence electrons. The van der Waals surface area contributed by atoms with Crippen LogP contribution in [0.25, 0.3) is 0 Å². The minimum absolute atomic E-state index is 0. The summed E-state index contributed by atoms with van der Waals surface area (Å²) < 4.78 is 0. The van der Waals surface area contributed by atoms with Gasteiger partial charge in [-0.3, -0.25) is 9.69 Å². The number of amides is 1. The Kier molecular flexibility index (Phi) is 8.35. The highest BCUT2D eigenvalue weighted by molar-refractivity contribution is 5.94. The van der Waals surface area contributed by atoms with E-state index in [1.54, 1.807) is 0 Å². The van der Waals surface area contributed by atoms with E-state index < -0.39 is 0 Å². The molecule has 2 aromatic rings. The van der Waals surface area contributed by atoms with E-state index in [4.69, 9.17) is 0 Å². The highest BCUT2D eigenvalue weighted by Crippen LogP contribution is 2.28. The second-order valence-electron chi connectivity index (χ2n) is 10.7. The monoisotopic (exact) mass is 442 g/mol. The van der Waals surface area contributed by atoms with Crippen molar-refractivity contribution in [3.63, 3.8) is 0 Å². The molecule has 3 nitrogen and oxygen atoms in total. The molecule has 1 aliphatic heterocycles.